The summed E-state index contributed by atoms with van der Waals surface area (Å²) in [5, 5.41) is 11.7. The monoisotopic (exact) mass is 738 g/mol. The molecule has 0 saturated carbocycles. The van der Waals surface area contributed by atoms with E-state index in [0.717, 1.165) is 47.3 Å². The van der Waals surface area contributed by atoms with Crippen molar-refractivity contribution >= 4 is 27.6 Å². The first kappa shape index (κ1) is 37.5. The van der Waals surface area contributed by atoms with Crippen molar-refractivity contribution in [3.8, 4) is 0 Å². The standard InChI is InChI=1S/C38H44F2N4O7S/c1-24-21-41(34(37(46)51-38(2,3)4)19-25-12-13-26-8-7-9-27(26)18-25)16-17-43(24)36(45)31-23-42(22-30(31)29-15-14-28(39)20-32(29)40)52(49,50)35-11-6-5-10-33(35)44(47)48/h5-6,10-15,18,20,24,30-31,34H,7-9,16-17,19,21-23H2,1-4H3/t24-,30-,31+,34-/m0/s1. The smallest absolute Gasteiger partial charge is 0.324 e. The fraction of sp³-hybridized carbons (Fsp3) is 0.474. The molecule has 2 aliphatic heterocycles. The lowest BCUT2D eigenvalue weighted by Crippen LogP contribution is -2.60. The molecular formula is C38H44F2N4O7S. The minimum Gasteiger partial charge on any atom is -0.459 e. The van der Waals surface area contributed by atoms with Crippen LogP contribution in [0.1, 0.15) is 62.3 Å². The van der Waals surface area contributed by atoms with E-state index < -0.39 is 72.6 Å². The Hall–Kier alpha value is -4.27. The number of ether oxygens (including phenoxy) is 1. The summed E-state index contributed by atoms with van der Waals surface area (Å²) in [6.07, 6.45) is 3.58. The molecule has 1 amide bonds. The SMILES string of the molecule is C[C@H]1CN([C@@H](Cc2ccc3c(c2)CCC3)C(=O)OC(C)(C)C)CCN1C(=O)[C@@H]1CN(S(=O)(=O)c2ccccc2[N+](=O)[O-])C[C@H]1c1ccc(F)cc1F. The molecule has 3 aromatic carbocycles. The molecule has 4 atom stereocenters. The maximum Gasteiger partial charge on any atom is 0.324 e. The number of rotatable bonds is 9. The number of hydrogen-bond donors (Lipinski definition) is 0. The summed E-state index contributed by atoms with van der Waals surface area (Å²) >= 11 is 0. The summed E-state index contributed by atoms with van der Waals surface area (Å²) in [6.45, 7) is 7.44. The lowest BCUT2D eigenvalue weighted by Gasteiger charge is -2.44. The first-order chi connectivity index (χ1) is 24.5. The van der Waals surface area contributed by atoms with Gasteiger partial charge in [0.05, 0.1) is 10.8 Å². The van der Waals surface area contributed by atoms with Crippen LogP contribution >= 0.6 is 0 Å². The molecule has 3 aliphatic rings. The van der Waals surface area contributed by atoms with Crippen LogP contribution < -0.4 is 0 Å². The number of esters is 1. The van der Waals surface area contributed by atoms with E-state index in [-0.39, 0.29) is 31.2 Å². The van der Waals surface area contributed by atoms with E-state index in [1.54, 1.807) is 4.90 Å². The van der Waals surface area contributed by atoms with Crippen molar-refractivity contribution in [1.29, 1.82) is 0 Å². The molecule has 0 unspecified atom stereocenters. The number of carbonyl (C=O) groups excluding carboxylic acids is 2. The van der Waals surface area contributed by atoms with Gasteiger partial charge in [0.2, 0.25) is 15.9 Å². The number of fused-ring (bicyclic) bond motifs is 1. The number of sulfonamides is 1. The van der Waals surface area contributed by atoms with Gasteiger partial charge in [-0.3, -0.25) is 24.6 Å². The zero-order valence-corrected chi connectivity index (χ0v) is 30.6. The maximum atomic E-state index is 15.3. The number of piperazine rings is 1. The zero-order chi connectivity index (χ0) is 37.5. The van der Waals surface area contributed by atoms with Crippen molar-refractivity contribution in [2.75, 3.05) is 32.7 Å². The number of amides is 1. The van der Waals surface area contributed by atoms with Gasteiger partial charge in [0.25, 0.3) is 5.69 Å². The molecule has 11 nitrogen and oxygen atoms in total. The lowest BCUT2D eigenvalue weighted by molar-refractivity contribution is -0.387. The van der Waals surface area contributed by atoms with Crippen molar-refractivity contribution in [3.05, 3.63) is 105 Å². The highest BCUT2D eigenvalue weighted by Crippen LogP contribution is 2.40. The minimum absolute atomic E-state index is 0.0226. The van der Waals surface area contributed by atoms with Crippen LogP contribution in [0.3, 0.4) is 0 Å². The van der Waals surface area contributed by atoms with E-state index >= 15 is 4.39 Å². The highest BCUT2D eigenvalue weighted by molar-refractivity contribution is 7.89. The van der Waals surface area contributed by atoms with Gasteiger partial charge >= 0.3 is 5.97 Å². The predicted molar refractivity (Wildman–Crippen MR) is 189 cm³/mol. The fourth-order valence-corrected chi connectivity index (χ4v) is 9.46. The Morgan fingerprint density at radius 2 is 1.71 bits per heavy atom. The normalized spacial score (nSPS) is 21.9. The highest BCUT2D eigenvalue weighted by Gasteiger charge is 2.48. The molecule has 14 heteroatoms. The molecule has 278 valence electrons. The molecule has 0 radical (unpaired) electrons. The van der Waals surface area contributed by atoms with Gasteiger partial charge in [-0.25, -0.2) is 17.2 Å². The molecule has 52 heavy (non-hydrogen) atoms. The predicted octanol–water partition coefficient (Wildman–Crippen LogP) is 5.25. The number of benzene rings is 3. The topological polar surface area (TPSA) is 130 Å². The van der Waals surface area contributed by atoms with Gasteiger partial charge in [-0.15, -0.1) is 0 Å². The minimum atomic E-state index is -4.50. The summed E-state index contributed by atoms with van der Waals surface area (Å²) in [5.74, 6) is -4.59. The zero-order valence-electron chi connectivity index (χ0n) is 29.8. The number of nitro benzene ring substituents is 1. The van der Waals surface area contributed by atoms with E-state index in [9.17, 15) is 32.5 Å². The number of aryl methyl sites for hydroxylation is 2. The largest absolute Gasteiger partial charge is 0.459 e. The quantitative estimate of drug-likeness (QED) is 0.165. The Bertz CT molecular complexity index is 1990. The average molecular weight is 739 g/mol. The Labute approximate surface area is 302 Å². The van der Waals surface area contributed by atoms with Crippen LogP contribution in [0.15, 0.2) is 65.6 Å². The van der Waals surface area contributed by atoms with Crippen LogP contribution in [0.25, 0.3) is 0 Å². The summed E-state index contributed by atoms with van der Waals surface area (Å²) in [5.41, 5.74) is 2.30. The van der Waals surface area contributed by atoms with Crippen molar-refractivity contribution in [1.82, 2.24) is 14.1 Å². The molecular weight excluding hydrogens is 695 g/mol. The second-order valence-electron chi connectivity index (χ2n) is 15.0. The summed E-state index contributed by atoms with van der Waals surface area (Å²) in [4.78, 5) is 42.2. The number of halogens is 2. The van der Waals surface area contributed by atoms with Crippen LogP contribution in [0.5, 0.6) is 0 Å². The van der Waals surface area contributed by atoms with Crippen LogP contribution in [0.2, 0.25) is 0 Å². The third kappa shape index (κ3) is 7.74. The molecule has 0 aromatic heterocycles. The molecule has 2 saturated heterocycles. The van der Waals surface area contributed by atoms with Crippen LogP contribution in [0, 0.1) is 27.7 Å². The van der Waals surface area contributed by atoms with Crippen LogP contribution in [-0.2, 0) is 43.6 Å². The van der Waals surface area contributed by atoms with Gasteiger partial charge in [0.15, 0.2) is 4.90 Å². The maximum absolute atomic E-state index is 15.3. The first-order valence-electron chi connectivity index (χ1n) is 17.6. The van der Waals surface area contributed by atoms with Crippen molar-refractivity contribution in [2.24, 2.45) is 5.92 Å². The van der Waals surface area contributed by atoms with Crippen molar-refractivity contribution in [2.45, 2.75) is 81.9 Å². The Balaban J connectivity index is 1.26. The van der Waals surface area contributed by atoms with E-state index in [1.807, 2.05) is 32.6 Å². The van der Waals surface area contributed by atoms with Gasteiger partial charge in [0.1, 0.15) is 23.3 Å². The molecule has 1 aliphatic carbocycles. The number of carbonyl (C=O) groups is 2. The number of nitrogens with zero attached hydrogens (tertiary/aromatic N) is 4. The Kier molecular flexibility index (Phi) is 10.5. The number of para-hydroxylation sites is 1. The van der Waals surface area contributed by atoms with E-state index in [0.29, 0.717) is 25.6 Å². The lowest BCUT2D eigenvalue weighted by atomic mass is 9.87. The molecule has 0 N–H and O–H groups in total. The van der Waals surface area contributed by atoms with Gasteiger partial charge in [-0.05, 0) is 87.8 Å². The van der Waals surface area contributed by atoms with Crippen LogP contribution in [0.4, 0.5) is 14.5 Å². The van der Waals surface area contributed by atoms with Crippen molar-refractivity contribution < 1.29 is 36.4 Å². The van der Waals surface area contributed by atoms with E-state index in [4.69, 9.17) is 4.74 Å². The summed E-state index contributed by atoms with van der Waals surface area (Å²) in [6, 6.07) is 13.2. The number of nitro groups is 1. The molecule has 0 spiro atoms. The van der Waals surface area contributed by atoms with Crippen LogP contribution in [-0.4, -0.2) is 89.7 Å². The van der Waals surface area contributed by atoms with Gasteiger partial charge in [0, 0.05) is 56.8 Å². The Morgan fingerprint density at radius 3 is 2.40 bits per heavy atom. The van der Waals surface area contributed by atoms with Gasteiger partial charge in [-0.2, -0.15) is 4.31 Å². The molecule has 6 rings (SSSR count). The third-order valence-electron chi connectivity index (χ3n) is 10.3. The fourth-order valence-electron chi connectivity index (χ4n) is 7.81. The molecule has 2 fully saturated rings. The van der Waals surface area contributed by atoms with Crippen molar-refractivity contribution in [3.63, 3.8) is 0 Å². The number of hydrogen-bond acceptors (Lipinski definition) is 8. The van der Waals surface area contributed by atoms with Gasteiger partial charge < -0.3 is 9.64 Å². The molecule has 2 heterocycles. The average Bonchev–Trinajstić information content (AvgIpc) is 3.74. The second kappa shape index (κ2) is 14.6. The molecule has 3 aromatic rings. The van der Waals surface area contributed by atoms with Gasteiger partial charge in [-0.1, -0.05) is 36.4 Å². The summed E-state index contributed by atoms with van der Waals surface area (Å²) in [7, 11) is -4.50. The second-order valence-corrected chi connectivity index (χ2v) is 16.9. The van der Waals surface area contributed by atoms with E-state index in [2.05, 4.69) is 18.2 Å². The highest BCUT2D eigenvalue weighted by atomic mass is 32.2. The first-order valence-corrected chi connectivity index (χ1v) is 19.0. The van der Waals surface area contributed by atoms with E-state index in [1.165, 1.54) is 29.3 Å². The Morgan fingerprint density at radius 1 is 0.981 bits per heavy atom. The third-order valence-corrected chi connectivity index (χ3v) is 12.2. The molecule has 0 bridgehead atoms. The summed E-state index contributed by atoms with van der Waals surface area (Å²) < 4.78 is 63.8.